The van der Waals surface area contributed by atoms with E-state index < -0.39 is 0 Å². The second-order valence-corrected chi connectivity index (χ2v) is 13.2. The summed E-state index contributed by atoms with van der Waals surface area (Å²) in [7, 11) is 0. The average molecular weight is 511 g/mol. The zero-order chi connectivity index (χ0) is 26.2. The molecule has 1 unspecified atom stereocenters. The number of hydrogen-bond donors (Lipinski definition) is 0. The molecule has 5 rings (SSSR count). The summed E-state index contributed by atoms with van der Waals surface area (Å²) in [6, 6.07) is 17.1. The van der Waals surface area contributed by atoms with Crippen LogP contribution >= 0.6 is 0 Å². The number of fused-ring (bicyclic) bond motifs is 1. The Bertz CT molecular complexity index is 995. The topological polar surface area (TPSA) is 0 Å². The van der Waals surface area contributed by atoms with Crippen LogP contribution in [0.3, 0.4) is 0 Å². The molecular weight excluding hydrogens is 456 g/mol. The van der Waals surface area contributed by atoms with Crippen LogP contribution in [0, 0.1) is 23.7 Å². The van der Waals surface area contributed by atoms with Crippen LogP contribution in [0.2, 0.25) is 0 Å². The minimum atomic E-state index is 0.772. The van der Waals surface area contributed by atoms with Crippen molar-refractivity contribution in [2.45, 2.75) is 129 Å². The van der Waals surface area contributed by atoms with Crippen LogP contribution in [-0.4, -0.2) is 0 Å². The third-order valence-electron chi connectivity index (χ3n) is 10.8. The molecule has 0 aromatic heterocycles. The van der Waals surface area contributed by atoms with E-state index in [1.165, 1.54) is 120 Å². The molecule has 3 aliphatic rings. The van der Waals surface area contributed by atoms with E-state index in [9.17, 15) is 0 Å². The van der Waals surface area contributed by atoms with Crippen molar-refractivity contribution in [1.29, 1.82) is 0 Å². The third-order valence-corrected chi connectivity index (χ3v) is 10.8. The third kappa shape index (κ3) is 7.22. The lowest BCUT2D eigenvalue weighted by molar-refractivity contribution is 0.183. The molecule has 206 valence electrons. The maximum absolute atomic E-state index is 2.53. The molecule has 3 aliphatic carbocycles. The quantitative estimate of drug-likeness (QED) is 0.220. The van der Waals surface area contributed by atoms with Crippen LogP contribution in [0.1, 0.15) is 133 Å². The molecule has 0 amide bonds. The van der Waals surface area contributed by atoms with Gasteiger partial charge in [-0.3, -0.25) is 0 Å². The standard InChI is InChI=1S/C38H54/c1-3-5-7-9-29-11-15-31(16-12-29)32-19-21-34(22-20-32)36-24-26-37-27-35(23-25-38(37)28-36)33-17-13-30(14-18-33)10-8-6-4-2/h3,5,19-22,24,26,28-31,33,35H,4,6-18,23,25,27H2,1-2H3/b5-3+. The van der Waals surface area contributed by atoms with Gasteiger partial charge in [0.05, 0.1) is 0 Å². The van der Waals surface area contributed by atoms with Crippen LogP contribution in [0.25, 0.3) is 11.1 Å². The maximum atomic E-state index is 2.53. The summed E-state index contributed by atoms with van der Waals surface area (Å²) in [5.41, 5.74) is 7.68. The molecule has 0 radical (unpaired) electrons. The first-order valence-electron chi connectivity index (χ1n) is 16.6. The first-order chi connectivity index (χ1) is 18.7. The van der Waals surface area contributed by atoms with Crippen molar-refractivity contribution in [3.63, 3.8) is 0 Å². The van der Waals surface area contributed by atoms with Crippen LogP contribution in [0.5, 0.6) is 0 Å². The number of hydrogen-bond acceptors (Lipinski definition) is 0. The van der Waals surface area contributed by atoms with Crippen LogP contribution in [0.4, 0.5) is 0 Å². The van der Waals surface area contributed by atoms with E-state index in [4.69, 9.17) is 0 Å². The summed E-state index contributed by atoms with van der Waals surface area (Å²) in [6.07, 6.45) is 28.6. The van der Waals surface area contributed by atoms with Crippen LogP contribution in [0.15, 0.2) is 54.6 Å². The van der Waals surface area contributed by atoms with Gasteiger partial charge in [0, 0.05) is 0 Å². The zero-order valence-electron chi connectivity index (χ0n) is 24.6. The summed E-state index contributed by atoms with van der Waals surface area (Å²) in [6.45, 7) is 4.47. The van der Waals surface area contributed by atoms with E-state index in [0.717, 1.165) is 29.6 Å². The van der Waals surface area contributed by atoms with E-state index >= 15 is 0 Å². The summed E-state index contributed by atoms with van der Waals surface area (Å²) < 4.78 is 0. The Balaban J connectivity index is 1.12. The molecule has 2 aromatic carbocycles. The normalized spacial score (nSPS) is 27.9. The van der Waals surface area contributed by atoms with Gasteiger partial charge < -0.3 is 0 Å². The van der Waals surface area contributed by atoms with E-state index in [1.807, 2.05) is 0 Å². The predicted octanol–water partition coefficient (Wildman–Crippen LogP) is 11.5. The average Bonchev–Trinajstić information content (AvgIpc) is 2.98. The van der Waals surface area contributed by atoms with Crippen molar-refractivity contribution in [1.82, 2.24) is 0 Å². The van der Waals surface area contributed by atoms with E-state index in [2.05, 4.69) is 68.5 Å². The lowest BCUT2D eigenvalue weighted by atomic mass is 9.69. The van der Waals surface area contributed by atoms with E-state index in [1.54, 1.807) is 16.7 Å². The number of benzene rings is 2. The molecule has 0 heterocycles. The van der Waals surface area contributed by atoms with Gasteiger partial charge in [-0.05, 0) is 135 Å². The Morgan fingerprint density at radius 2 is 1.39 bits per heavy atom. The number of rotatable bonds is 10. The first kappa shape index (κ1) is 27.7. The fraction of sp³-hybridized carbons (Fsp3) is 0.632. The van der Waals surface area contributed by atoms with Gasteiger partial charge in [0.2, 0.25) is 0 Å². The molecule has 0 bridgehead atoms. The Hall–Kier alpha value is -1.82. The highest BCUT2D eigenvalue weighted by Gasteiger charge is 2.30. The second-order valence-electron chi connectivity index (χ2n) is 13.2. The lowest BCUT2D eigenvalue weighted by Gasteiger charge is -2.36. The highest BCUT2D eigenvalue weighted by Crippen LogP contribution is 2.42. The monoisotopic (exact) mass is 510 g/mol. The predicted molar refractivity (Wildman–Crippen MR) is 166 cm³/mol. The van der Waals surface area contributed by atoms with Crippen molar-refractivity contribution >= 4 is 0 Å². The number of unbranched alkanes of at least 4 members (excludes halogenated alkanes) is 2. The molecule has 0 saturated heterocycles. The van der Waals surface area contributed by atoms with Gasteiger partial charge in [0.25, 0.3) is 0 Å². The fourth-order valence-corrected chi connectivity index (χ4v) is 8.23. The highest BCUT2D eigenvalue weighted by molar-refractivity contribution is 5.65. The van der Waals surface area contributed by atoms with Gasteiger partial charge in [0.1, 0.15) is 0 Å². The van der Waals surface area contributed by atoms with Crippen molar-refractivity contribution < 1.29 is 0 Å². The van der Waals surface area contributed by atoms with Gasteiger partial charge >= 0.3 is 0 Å². The number of aryl methyl sites for hydroxylation is 1. The summed E-state index contributed by atoms with van der Waals surface area (Å²) in [5.74, 6) is 4.67. The largest absolute Gasteiger partial charge is 0.0917 e. The molecule has 2 aromatic rings. The molecule has 2 saturated carbocycles. The van der Waals surface area contributed by atoms with E-state index in [0.29, 0.717) is 0 Å². The van der Waals surface area contributed by atoms with Gasteiger partial charge in [-0.15, -0.1) is 0 Å². The van der Waals surface area contributed by atoms with Crippen molar-refractivity contribution in [2.24, 2.45) is 23.7 Å². The Labute approximate surface area is 234 Å². The molecular formula is C38H54. The molecule has 1 atom stereocenters. The summed E-state index contributed by atoms with van der Waals surface area (Å²) in [4.78, 5) is 0. The zero-order valence-corrected chi connectivity index (χ0v) is 24.6. The molecule has 0 heteroatoms. The smallest absolute Gasteiger partial charge is 0.0162 e. The first-order valence-corrected chi connectivity index (χ1v) is 16.6. The molecule has 0 spiro atoms. The fourth-order valence-electron chi connectivity index (χ4n) is 8.23. The van der Waals surface area contributed by atoms with Crippen molar-refractivity contribution in [3.8, 4) is 11.1 Å². The minimum absolute atomic E-state index is 0.772. The Morgan fingerprint density at radius 3 is 2.13 bits per heavy atom. The van der Waals surface area contributed by atoms with Gasteiger partial charge in [0.15, 0.2) is 0 Å². The van der Waals surface area contributed by atoms with Gasteiger partial charge in [-0.2, -0.15) is 0 Å². The van der Waals surface area contributed by atoms with Crippen molar-refractivity contribution in [2.75, 3.05) is 0 Å². The molecule has 0 aliphatic heterocycles. The Morgan fingerprint density at radius 1 is 0.684 bits per heavy atom. The maximum Gasteiger partial charge on any atom is -0.0162 e. The molecule has 2 fully saturated rings. The number of allylic oxidation sites excluding steroid dienone is 2. The molecule has 0 N–H and O–H groups in total. The van der Waals surface area contributed by atoms with Crippen LogP contribution < -0.4 is 0 Å². The minimum Gasteiger partial charge on any atom is -0.0917 e. The highest BCUT2D eigenvalue weighted by atomic mass is 14.4. The summed E-state index contributed by atoms with van der Waals surface area (Å²) in [5, 5.41) is 0. The van der Waals surface area contributed by atoms with Crippen molar-refractivity contribution in [3.05, 3.63) is 71.3 Å². The Kier molecular flexibility index (Phi) is 10.2. The second kappa shape index (κ2) is 14.0. The summed E-state index contributed by atoms with van der Waals surface area (Å²) >= 11 is 0. The lowest BCUT2D eigenvalue weighted by Crippen LogP contribution is -2.26. The van der Waals surface area contributed by atoms with Gasteiger partial charge in [-0.25, -0.2) is 0 Å². The van der Waals surface area contributed by atoms with E-state index in [-0.39, 0.29) is 0 Å². The SMILES string of the molecule is C/C=C/CCC1CCC(c2ccc(-c3ccc4c(c3)CCC(C3CCC(CCCCC)CC3)C4)cc2)CC1. The van der Waals surface area contributed by atoms with Crippen LogP contribution in [-0.2, 0) is 12.8 Å². The molecule has 0 nitrogen and oxygen atoms in total. The van der Waals surface area contributed by atoms with Gasteiger partial charge in [-0.1, -0.05) is 100 Å². The molecule has 38 heavy (non-hydrogen) atoms.